The first kappa shape index (κ1) is 17.0. The molecule has 2 rings (SSSR count). The van der Waals surface area contributed by atoms with Crippen molar-refractivity contribution in [1.82, 2.24) is 0 Å². The molecule has 122 valence electrons. The monoisotopic (exact) mass is 333 g/mol. The number of hydrogen-bond donors (Lipinski definition) is 1. The highest BCUT2D eigenvalue weighted by Crippen LogP contribution is 2.24. The molecule has 0 aromatic heterocycles. The van der Waals surface area contributed by atoms with Gasteiger partial charge in [-0.2, -0.15) is 0 Å². The molecule has 0 heterocycles. The van der Waals surface area contributed by atoms with Crippen LogP contribution in [-0.4, -0.2) is 27.2 Å². The molecule has 1 N–H and O–H groups in total. The number of para-hydroxylation sites is 2. The molecular weight excluding hydrogens is 314 g/mol. The summed E-state index contributed by atoms with van der Waals surface area (Å²) in [5, 5.41) is 2.76. The topological polar surface area (TPSA) is 72.5 Å². The molecule has 0 spiro atoms. The molecule has 0 aliphatic heterocycles. The molecule has 23 heavy (non-hydrogen) atoms. The number of carbonyl (C=O) groups is 1. The minimum Gasteiger partial charge on any atom is -0.491 e. The largest absolute Gasteiger partial charge is 0.491 e. The van der Waals surface area contributed by atoms with Crippen molar-refractivity contribution in [3.05, 3.63) is 54.1 Å². The van der Waals surface area contributed by atoms with Gasteiger partial charge in [0.15, 0.2) is 9.84 Å². The van der Waals surface area contributed by atoms with Crippen molar-refractivity contribution in [2.24, 2.45) is 0 Å². The Labute approximate surface area is 136 Å². The van der Waals surface area contributed by atoms with Gasteiger partial charge in [0.25, 0.3) is 5.91 Å². The lowest BCUT2D eigenvalue weighted by Gasteiger charge is -2.12. The third-order valence-electron chi connectivity index (χ3n) is 3.12. The third-order valence-corrected chi connectivity index (χ3v) is 4.23. The number of amides is 1. The van der Waals surface area contributed by atoms with E-state index in [2.05, 4.69) is 5.32 Å². The molecule has 2 aromatic rings. The van der Waals surface area contributed by atoms with E-state index >= 15 is 0 Å². The Morgan fingerprint density at radius 2 is 1.87 bits per heavy atom. The van der Waals surface area contributed by atoms with Crippen molar-refractivity contribution in [3.8, 4) is 5.75 Å². The molecule has 0 saturated heterocycles. The molecule has 2 aromatic carbocycles. The molecule has 0 atom stereocenters. The van der Waals surface area contributed by atoms with Gasteiger partial charge in [0, 0.05) is 11.8 Å². The molecule has 1 amide bonds. The van der Waals surface area contributed by atoms with Crippen LogP contribution in [0.3, 0.4) is 0 Å². The van der Waals surface area contributed by atoms with Gasteiger partial charge in [0.1, 0.15) is 5.75 Å². The Hall–Kier alpha value is -2.34. The second-order valence-electron chi connectivity index (χ2n) is 5.10. The zero-order chi connectivity index (χ0) is 16.9. The van der Waals surface area contributed by atoms with Crippen LogP contribution in [0.4, 0.5) is 5.69 Å². The maximum Gasteiger partial charge on any atom is 0.255 e. The quantitative estimate of drug-likeness (QED) is 0.881. The van der Waals surface area contributed by atoms with Crippen LogP contribution >= 0.6 is 0 Å². The maximum atomic E-state index is 12.4. The van der Waals surface area contributed by atoms with E-state index in [1.165, 1.54) is 12.1 Å². The van der Waals surface area contributed by atoms with Crippen LogP contribution in [0.2, 0.25) is 0 Å². The normalized spacial score (nSPS) is 11.0. The molecule has 5 nitrogen and oxygen atoms in total. The third kappa shape index (κ3) is 4.56. The lowest BCUT2D eigenvalue weighted by atomic mass is 10.2. The summed E-state index contributed by atoms with van der Waals surface area (Å²) in [6.07, 6.45) is 1.97. The number of hydrogen-bond acceptors (Lipinski definition) is 4. The summed E-state index contributed by atoms with van der Waals surface area (Å²) in [5.74, 6) is 0.199. The molecule has 0 saturated carbocycles. The smallest absolute Gasteiger partial charge is 0.255 e. The van der Waals surface area contributed by atoms with Gasteiger partial charge >= 0.3 is 0 Å². The lowest BCUT2D eigenvalue weighted by molar-refractivity contribution is 0.102. The number of rotatable bonds is 6. The summed E-state index contributed by atoms with van der Waals surface area (Å²) in [6.45, 7) is 2.55. The van der Waals surface area contributed by atoms with Crippen molar-refractivity contribution in [3.63, 3.8) is 0 Å². The first-order valence-electron chi connectivity index (χ1n) is 7.25. The number of carbonyl (C=O) groups excluding carboxylic acids is 1. The van der Waals surface area contributed by atoms with Crippen molar-refractivity contribution in [2.75, 3.05) is 18.2 Å². The summed E-state index contributed by atoms with van der Waals surface area (Å²) in [7, 11) is -3.36. The van der Waals surface area contributed by atoms with Gasteiger partial charge in [0.05, 0.1) is 17.2 Å². The Kier molecular flexibility index (Phi) is 5.39. The van der Waals surface area contributed by atoms with Crippen molar-refractivity contribution in [2.45, 2.75) is 18.2 Å². The second kappa shape index (κ2) is 7.28. The summed E-state index contributed by atoms with van der Waals surface area (Å²) in [5.41, 5.74) is 0.828. The van der Waals surface area contributed by atoms with Crippen LogP contribution < -0.4 is 10.1 Å². The van der Waals surface area contributed by atoms with E-state index in [1.54, 1.807) is 30.3 Å². The maximum absolute atomic E-state index is 12.4. The highest BCUT2D eigenvalue weighted by atomic mass is 32.2. The average Bonchev–Trinajstić information content (AvgIpc) is 2.53. The molecule has 0 fully saturated rings. The molecule has 0 aliphatic carbocycles. The van der Waals surface area contributed by atoms with Gasteiger partial charge in [-0.25, -0.2) is 8.42 Å². The van der Waals surface area contributed by atoms with E-state index < -0.39 is 9.84 Å². The number of ether oxygens (including phenoxy) is 1. The molecule has 6 heteroatoms. The minimum absolute atomic E-state index is 0.112. The Morgan fingerprint density at radius 1 is 1.13 bits per heavy atom. The summed E-state index contributed by atoms with van der Waals surface area (Å²) >= 11 is 0. The van der Waals surface area contributed by atoms with Gasteiger partial charge in [-0.1, -0.05) is 25.1 Å². The average molecular weight is 333 g/mol. The van der Waals surface area contributed by atoms with E-state index in [-0.39, 0.29) is 16.4 Å². The SMILES string of the molecule is CCCOc1ccccc1NC(=O)c1cccc(S(C)(=O)=O)c1. The molecule has 0 bridgehead atoms. The Bertz CT molecular complexity index is 800. The molecular formula is C17H19NO4S. The van der Waals surface area contributed by atoms with Crippen molar-refractivity contribution < 1.29 is 17.9 Å². The van der Waals surface area contributed by atoms with Gasteiger partial charge < -0.3 is 10.1 Å². The summed E-state index contributed by atoms with van der Waals surface area (Å²) < 4.78 is 28.8. The summed E-state index contributed by atoms with van der Waals surface area (Å²) in [6, 6.07) is 13.1. The predicted molar refractivity (Wildman–Crippen MR) is 89.7 cm³/mol. The zero-order valence-corrected chi connectivity index (χ0v) is 13.9. The van der Waals surface area contributed by atoms with Crippen LogP contribution in [0.1, 0.15) is 23.7 Å². The van der Waals surface area contributed by atoms with Gasteiger partial charge in [0.2, 0.25) is 0 Å². The standard InChI is InChI=1S/C17H19NO4S/c1-3-11-22-16-10-5-4-9-15(16)18-17(19)13-7-6-8-14(12-13)23(2,20)21/h4-10,12H,3,11H2,1-2H3,(H,18,19). The van der Waals surface area contributed by atoms with Crippen molar-refractivity contribution >= 4 is 21.4 Å². The van der Waals surface area contributed by atoms with Crippen LogP contribution in [-0.2, 0) is 9.84 Å². The first-order valence-corrected chi connectivity index (χ1v) is 9.14. The molecule has 0 aliphatic rings. The Morgan fingerprint density at radius 3 is 2.57 bits per heavy atom. The number of benzene rings is 2. The fraction of sp³-hybridized carbons (Fsp3) is 0.235. The number of nitrogens with one attached hydrogen (secondary N) is 1. The van der Waals surface area contributed by atoms with Crippen LogP contribution in [0.5, 0.6) is 5.75 Å². The fourth-order valence-corrected chi connectivity index (χ4v) is 2.64. The Balaban J connectivity index is 2.23. The van der Waals surface area contributed by atoms with E-state index in [4.69, 9.17) is 4.74 Å². The highest BCUT2D eigenvalue weighted by Gasteiger charge is 2.13. The highest BCUT2D eigenvalue weighted by molar-refractivity contribution is 7.90. The van der Waals surface area contributed by atoms with Crippen LogP contribution in [0.25, 0.3) is 0 Å². The summed E-state index contributed by atoms with van der Waals surface area (Å²) in [4.78, 5) is 12.5. The van der Waals surface area contributed by atoms with E-state index in [9.17, 15) is 13.2 Å². The van der Waals surface area contributed by atoms with E-state index in [1.807, 2.05) is 13.0 Å². The van der Waals surface area contributed by atoms with Gasteiger partial charge in [-0.15, -0.1) is 0 Å². The number of anilines is 1. The van der Waals surface area contributed by atoms with Crippen LogP contribution in [0.15, 0.2) is 53.4 Å². The van der Waals surface area contributed by atoms with Gasteiger partial charge in [-0.3, -0.25) is 4.79 Å². The van der Waals surface area contributed by atoms with Crippen molar-refractivity contribution in [1.29, 1.82) is 0 Å². The van der Waals surface area contributed by atoms with Gasteiger partial charge in [-0.05, 0) is 36.8 Å². The lowest BCUT2D eigenvalue weighted by Crippen LogP contribution is -2.13. The zero-order valence-electron chi connectivity index (χ0n) is 13.1. The number of sulfone groups is 1. The van der Waals surface area contributed by atoms with Crippen LogP contribution in [0, 0.1) is 0 Å². The van der Waals surface area contributed by atoms with E-state index in [0.29, 0.717) is 18.0 Å². The molecule has 0 radical (unpaired) electrons. The fourth-order valence-electron chi connectivity index (χ4n) is 1.97. The molecule has 0 unspecified atom stereocenters. The van der Waals surface area contributed by atoms with E-state index in [0.717, 1.165) is 12.7 Å². The predicted octanol–water partition coefficient (Wildman–Crippen LogP) is 3.13. The minimum atomic E-state index is -3.36. The first-order chi connectivity index (χ1) is 10.9. The second-order valence-corrected chi connectivity index (χ2v) is 7.11.